The van der Waals surface area contributed by atoms with E-state index in [0.717, 1.165) is 35.9 Å². The third-order valence-corrected chi connectivity index (χ3v) is 12.1. The van der Waals surface area contributed by atoms with E-state index >= 15 is 0 Å². The first-order valence-electron chi connectivity index (χ1n) is 19.2. The fraction of sp³-hybridized carbons (Fsp3) is 0.574. The first-order valence-corrected chi connectivity index (χ1v) is 19.2. The van der Waals surface area contributed by atoms with Gasteiger partial charge in [-0.05, 0) is 70.4 Å². The van der Waals surface area contributed by atoms with Crippen LogP contribution >= 0.6 is 0 Å². The Hall–Kier alpha value is -3.64. The van der Waals surface area contributed by atoms with Gasteiger partial charge in [-0.15, -0.1) is 0 Å². The molecule has 0 aromatic heterocycles. The monoisotopic (exact) mass is 728 g/mol. The fourth-order valence-corrected chi connectivity index (χ4v) is 9.61. The maximum Gasteiger partial charge on any atom is 0.148 e. The zero-order valence-electron chi connectivity index (χ0n) is 33.7. The number of para-hydroxylation sites is 3. The highest BCUT2D eigenvalue weighted by Crippen LogP contribution is 2.49. The number of ether oxygens (including phenoxy) is 1. The molecule has 294 valence electrons. The van der Waals surface area contributed by atoms with Gasteiger partial charge in [-0.3, -0.25) is 15.1 Å². The van der Waals surface area contributed by atoms with Crippen LogP contribution in [0, 0.1) is 35.5 Å². The molecule has 0 saturated heterocycles. The summed E-state index contributed by atoms with van der Waals surface area (Å²) in [5.41, 5.74) is 8.57. The number of carbonyl (C=O) groups excluding carboxylic acids is 1. The predicted octanol–water partition coefficient (Wildman–Crippen LogP) is 12.0. The van der Waals surface area contributed by atoms with Gasteiger partial charge in [-0.25, -0.2) is 4.99 Å². The van der Waals surface area contributed by atoms with Crippen LogP contribution in [-0.4, -0.2) is 30.9 Å². The van der Waals surface area contributed by atoms with Crippen molar-refractivity contribution in [1.29, 1.82) is 0 Å². The van der Waals surface area contributed by atoms with Crippen molar-refractivity contribution < 1.29 is 14.4 Å². The van der Waals surface area contributed by atoms with Crippen molar-refractivity contribution in [2.75, 3.05) is 19.0 Å². The molecule has 3 aliphatic rings. The Morgan fingerprint density at radius 2 is 1.19 bits per heavy atom. The number of amidine groups is 1. The second kappa shape index (κ2) is 18.6. The number of fused-ring (bicyclic) bond motifs is 3. The van der Waals surface area contributed by atoms with Crippen LogP contribution < -0.4 is 15.5 Å². The minimum atomic E-state index is -0.253. The molecule has 3 aromatic carbocycles. The summed E-state index contributed by atoms with van der Waals surface area (Å²) in [5.74, 6) is 4.96. The number of aliphatic imine (C=N–C) groups is 1. The molecule has 0 amide bonds. The van der Waals surface area contributed by atoms with Gasteiger partial charge in [0.2, 0.25) is 0 Å². The average molecular weight is 728 g/mol. The standard InChI is InChI=1S/C15H22N2O.C15H23NO.C15H20O.2CH4/c1-10(2)15(11(3)4)12-8-6-7-9-13(12)16-14(15)17-18-5;1-11(2)15(12(3)4)9-10-16-13-7-5-6-8-14(13)17-15;1-10(2)15(11(3)4)13-8-6-5-7-12(13)9-14(15)16;;/h6-11H,1-5H3,(H,16,17);5-8,11-12,16H,9-10H2,1-4H3;5-8,10-11H,9H2,1-4H3;2*1H4. The Morgan fingerprint density at radius 1 is 0.679 bits per heavy atom. The van der Waals surface area contributed by atoms with E-state index in [1.54, 1.807) is 7.11 Å². The van der Waals surface area contributed by atoms with Crippen molar-refractivity contribution in [3.05, 3.63) is 89.5 Å². The molecule has 53 heavy (non-hydrogen) atoms. The van der Waals surface area contributed by atoms with Gasteiger partial charge < -0.3 is 10.1 Å². The Labute approximate surface area is 323 Å². The molecule has 2 N–H and O–H groups in total. The highest BCUT2D eigenvalue weighted by atomic mass is 16.6. The average Bonchev–Trinajstić information content (AvgIpc) is 3.48. The van der Waals surface area contributed by atoms with Gasteiger partial charge in [-0.2, -0.15) is 0 Å². The van der Waals surface area contributed by atoms with Crippen LogP contribution in [0.1, 0.15) is 121 Å². The molecule has 0 saturated carbocycles. The molecule has 0 atom stereocenters. The number of nitrogens with one attached hydrogen (secondary N) is 2. The van der Waals surface area contributed by atoms with E-state index in [1.165, 1.54) is 16.7 Å². The number of benzene rings is 3. The molecule has 3 aromatic rings. The summed E-state index contributed by atoms with van der Waals surface area (Å²) in [6.45, 7) is 27.7. The zero-order chi connectivity index (χ0) is 37.7. The van der Waals surface area contributed by atoms with Crippen LogP contribution in [-0.2, 0) is 26.9 Å². The van der Waals surface area contributed by atoms with E-state index in [0.29, 0.717) is 47.7 Å². The Balaban J connectivity index is 0.000000270. The summed E-state index contributed by atoms with van der Waals surface area (Å²) < 4.78 is 6.40. The molecule has 0 fully saturated rings. The fourth-order valence-electron chi connectivity index (χ4n) is 9.61. The topological polar surface area (TPSA) is 72.0 Å². The van der Waals surface area contributed by atoms with Crippen LogP contribution in [0.15, 0.2) is 77.8 Å². The minimum Gasteiger partial charge on any atom is -0.485 e. The lowest BCUT2D eigenvalue weighted by atomic mass is 9.64. The molecule has 2 heterocycles. The SMILES string of the molecule is C.C.CC(C)C1(C(C)C)C(=O)Cc2ccccc21.CC(C)C1(C(C)C)CCNc2ccccc2O1.CONC1=Nc2ccccc2C1(C(C)C)C(C)C. The summed E-state index contributed by atoms with van der Waals surface area (Å²) in [5, 5.41) is 3.46. The van der Waals surface area contributed by atoms with Gasteiger partial charge in [-0.1, -0.05) is 153 Å². The Bertz CT molecular complexity index is 1630. The predicted molar refractivity (Wildman–Crippen MR) is 228 cm³/mol. The van der Waals surface area contributed by atoms with Gasteiger partial charge in [0.05, 0.1) is 29.3 Å². The molecule has 0 unspecified atom stereocenters. The van der Waals surface area contributed by atoms with Gasteiger partial charge in [0.25, 0.3) is 0 Å². The molecular weight excluding hydrogens is 655 g/mol. The summed E-state index contributed by atoms with van der Waals surface area (Å²) in [6.07, 6.45) is 1.67. The zero-order valence-corrected chi connectivity index (χ0v) is 33.7. The van der Waals surface area contributed by atoms with Crippen molar-refractivity contribution in [2.24, 2.45) is 40.5 Å². The number of hydroxylamine groups is 1. The molecule has 6 nitrogen and oxygen atoms in total. The van der Waals surface area contributed by atoms with E-state index in [4.69, 9.17) is 14.6 Å². The lowest BCUT2D eigenvalue weighted by Gasteiger charge is -2.40. The van der Waals surface area contributed by atoms with E-state index in [9.17, 15) is 4.79 Å². The number of carbonyl (C=O) groups is 1. The highest BCUT2D eigenvalue weighted by Gasteiger charge is 2.51. The van der Waals surface area contributed by atoms with Crippen molar-refractivity contribution in [1.82, 2.24) is 5.48 Å². The molecule has 0 bridgehead atoms. The maximum atomic E-state index is 12.4. The van der Waals surface area contributed by atoms with Crippen molar-refractivity contribution in [3.63, 3.8) is 0 Å². The summed E-state index contributed by atoms with van der Waals surface area (Å²) in [7, 11) is 1.64. The second-order valence-corrected chi connectivity index (χ2v) is 16.4. The first-order chi connectivity index (χ1) is 24.1. The molecule has 0 spiro atoms. The molecule has 6 rings (SSSR count). The largest absolute Gasteiger partial charge is 0.485 e. The number of Topliss-reactive ketones (excluding diaryl/α,β-unsaturated/α-hetero) is 1. The quantitative estimate of drug-likeness (QED) is 0.237. The van der Waals surface area contributed by atoms with Gasteiger partial charge >= 0.3 is 0 Å². The number of ketones is 1. The molecule has 0 radical (unpaired) electrons. The van der Waals surface area contributed by atoms with Crippen LogP contribution in [0.25, 0.3) is 0 Å². The molecule has 2 aliphatic heterocycles. The normalized spacial score (nSPS) is 17.1. The second-order valence-electron chi connectivity index (χ2n) is 16.4. The Morgan fingerprint density at radius 3 is 1.74 bits per heavy atom. The van der Waals surface area contributed by atoms with E-state index < -0.39 is 0 Å². The highest BCUT2D eigenvalue weighted by molar-refractivity contribution is 6.00. The third-order valence-electron chi connectivity index (χ3n) is 12.1. The molecular formula is C47H73N3O3. The third kappa shape index (κ3) is 8.23. The number of rotatable bonds is 7. The summed E-state index contributed by atoms with van der Waals surface area (Å²) >= 11 is 0. The summed E-state index contributed by atoms with van der Waals surface area (Å²) in [4.78, 5) is 22.3. The van der Waals surface area contributed by atoms with Crippen LogP contribution in [0.2, 0.25) is 0 Å². The number of hydrogen-bond acceptors (Lipinski definition) is 6. The minimum absolute atomic E-state index is 0. The molecule has 1 aliphatic carbocycles. The first kappa shape index (κ1) is 45.5. The van der Waals surface area contributed by atoms with Crippen LogP contribution in [0.3, 0.4) is 0 Å². The molecule has 6 heteroatoms. The van der Waals surface area contributed by atoms with Crippen LogP contribution in [0.5, 0.6) is 5.75 Å². The van der Waals surface area contributed by atoms with E-state index in [1.807, 2.05) is 24.3 Å². The maximum absolute atomic E-state index is 12.4. The number of anilines is 1. The number of nitrogens with zero attached hydrogens (tertiary/aromatic N) is 1. The van der Waals surface area contributed by atoms with E-state index in [2.05, 4.69) is 142 Å². The Kier molecular flexibility index (Phi) is 16.0. The van der Waals surface area contributed by atoms with Crippen molar-refractivity contribution in [3.8, 4) is 5.75 Å². The summed E-state index contributed by atoms with van der Waals surface area (Å²) in [6, 6.07) is 24.9. The van der Waals surface area contributed by atoms with Crippen molar-refractivity contribution >= 4 is 23.0 Å². The van der Waals surface area contributed by atoms with Crippen molar-refractivity contribution in [2.45, 2.75) is 127 Å². The van der Waals surface area contributed by atoms with Gasteiger partial charge in [0.1, 0.15) is 23.0 Å². The van der Waals surface area contributed by atoms with Gasteiger partial charge in [0, 0.05) is 19.4 Å². The lowest BCUT2D eigenvalue weighted by Crippen LogP contribution is -2.49. The van der Waals surface area contributed by atoms with Gasteiger partial charge in [0.15, 0.2) is 0 Å². The van der Waals surface area contributed by atoms with E-state index in [-0.39, 0.29) is 31.3 Å². The lowest BCUT2D eigenvalue weighted by molar-refractivity contribution is -0.126. The van der Waals surface area contributed by atoms with Crippen LogP contribution in [0.4, 0.5) is 11.4 Å². The number of hydrogen-bond donors (Lipinski definition) is 2. The smallest absolute Gasteiger partial charge is 0.148 e.